The summed E-state index contributed by atoms with van der Waals surface area (Å²) in [6, 6.07) is 21.9. The van der Waals surface area contributed by atoms with Crippen molar-refractivity contribution >= 4 is 16.7 Å². The molecule has 0 unspecified atom stereocenters. The van der Waals surface area contributed by atoms with E-state index in [9.17, 15) is 4.79 Å². The molecule has 2 nitrogen and oxygen atoms in total. The second kappa shape index (κ2) is 5.17. The second-order valence-electron chi connectivity index (χ2n) is 4.60. The minimum Gasteiger partial charge on any atom is -0.465 e. The zero-order chi connectivity index (χ0) is 13.9. The van der Waals surface area contributed by atoms with Gasteiger partial charge in [-0.3, -0.25) is 0 Å². The molecule has 2 heteroatoms. The number of benzene rings is 3. The minimum absolute atomic E-state index is 0.306. The van der Waals surface area contributed by atoms with E-state index in [1.165, 1.54) is 7.11 Å². The molecule has 20 heavy (non-hydrogen) atoms. The van der Waals surface area contributed by atoms with Crippen LogP contribution in [0.4, 0.5) is 0 Å². The maximum absolute atomic E-state index is 12.0. The van der Waals surface area contributed by atoms with Gasteiger partial charge >= 0.3 is 5.97 Å². The highest BCUT2D eigenvalue weighted by molar-refractivity contribution is 6.06. The molecule has 0 fully saturated rings. The van der Waals surface area contributed by atoms with Gasteiger partial charge in [-0.05, 0) is 34.0 Å². The zero-order valence-electron chi connectivity index (χ0n) is 11.2. The summed E-state index contributed by atoms with van der Waals surface area (Å²) in [6.45, 7) is 0. The molecule has 3 rings (SSSR count). The smallest absolute Gasteiger partial charge is 0.338 e. The zero-order valence-corrected chi connectivity index (χ0v) is 11.2. The van der Waals surface area contributed by atoms with Crippen LogP contribution in [0.5, 0.6) is 0 Å². The quantitative estimate of drug-likeness (QED) is 0.644. The Morgan fingerprint density at radius 2 is 1.55 bits per heavy atom. The normalized spacial score (nSPS) is 10.4. The van der Waals surface area contributed by atoms with Crippen molar-refractivity contribution < 1.29 is 9.53 Å². The Morgan fingerprint density at radius 3 is 2.30 bits per heavy atom. The Morgan fingerprint density at radius 1 is 0.850 bits per heavy atom. The molecule has 0 bridgehead atoms. The molecule has 0 aromatic heterocycles. The maximum atomic E-state index is 12.0. The van der Waals surface area contributed by atoms with Crippen LogP contribution >= 0.6 is 0 Å². The highest BCUT2D eigenvalue weighted by Crippen LogP contribution is 2.28. The summed E-state index contributed by atoms with van der Waals surface area (Å²) in [5, 5.41) is 1.95. The molecular formula is C18H14O2. The highest BCUT2D eigenvalue weighted by atomic mass is 16.5. The van der Waals surface area contributed by atoms with E-state index >= 15 is 0 Å². The van der Waals surface area contributed by atoms with Crippen molar-refractivity contribution in [1.29, 1.82) is 0 Å². The molecule has 0 radical (unpaired) electrons. The first kappa shape index (κ1) is 12.4. The first-order valence-electron chi connectivity index (χ1n) is 6.46. The van der Waals surface area contributed by atoms with E-state index in [4.69, 9.17) is 4.74 Å². The first-order chi connectivity index (χ1) is 9.79. The number of hydrogen-bond donors (Lipinski definition) is 0. The third-order valence-corrected chi connectivity index (χ3v) is 3.37. The standard InChI is InChI=1S/C18H14O2/c1-20-18(19)17-12-15(13-7-3-2-4-8-13)11-14-9-5-6-10-16(14)17/h2-12H,1H3. The predicted octanol–water partition coefficient (Wildman–Crippen LogP) is 4.29. The molecule has 3 aromatic carbocycles. The Hall–Kier alpha value is -2.61. The number of esters is 1. The number of carbonyl (C=O) groups is 1. The molecule has 0 amide bonds. The van der Waals surface area contributed by atoms with Gasteiger partial charge in [0, 0.05) is 0 Å². The monoisotopic (exact) mass is 262 g/mol. The fourth-order valence-electron chi connectivity index (χ4n) is 2.39. The van der Waals surface area contributed by atoms with Gasteiger partial charge in [-0.15, -0.1) is 0 Å². The van der Waals surface area contributed by atoms with Gasteiger partial charge in [-0.2, -0.15) is 0 Å². The lowest BCUT2D eigenvalue weighted by Crippen LogP contribution is -2.02. The molecular weight excluding hydrogens is 248 g/mol. The molecule has 0 spiro atoms. The molecule has 0 N–H and O–H groups in total. The highest BCUT2D eigenvalue weighted by Gasteiger charge is 2.12. The Bertz CT molecular complexity index is 761. The number of fused-ring (bicyclic) bond motifs is 1. The van der Waals surface area contributed by atoms with E-state index in [-0.39, 0.29) is 5.97 Å². The van der Waals surface area contributed by atoms with Gasteiger partial charge in [-0.25, -0.2) is 4.79 Å². The van der Waals surface area contributed by atoms with Crippen molar-refractivity contribution in [2.75, 3.05) is 7.11 Å². The second-order valence-corrected chi connectivity index (χ2v) is 4.60. The summed E-state index contributed by atoms with van der Waals surface area (Å²) in [7, 11) is 1.41. The number of ether oxygens (including phenoxy) is 1. The summed E-state index contributed by atoms with van der Waals surface area (Å²) < 4.78 is 4.90. The van der Waals surface area contributed by atoms with Gasteiger partial charge in [0.25, 0.3) is 0 Å². The van der Waals surface area contributed by atoms with Crippen molar-refractivity contribution in [2.24, 2.45) is 0 Å². The first-order valence-corrected chi connectivity index (χ1v) is 6.46. The third kappa shape index (κ3) is 2.16. The van der Waals surface area contributed by atoms with E-state index in [0.29, 0.717) is 5.56 Å². The molecule has 98 valence electrons. The maximum Gasteiger partial charge on any atom is 0.338 e. The van der Waals surface area contributed by atoms with E-state index in [1.807, 2.05) is 60.7 Å². The summed E-state index contributed by atoms with van der Waals surface area (Å²) in [4.78, 5) is 12.0. The molecule has 3 aromatic rings. The molecule has 0 aliphatic carbocycles. The van der Waals surface area contributed by atoms with Crippen LogP contribution in [0.1, 0.15) is 10.4 Å². The summed E-state index contributed by atoms with van der Waals surface area (Å²) in [5.41, 5.74) is 2.71. The van der Waals surface area contributed by atoms with Crippen LogP contribution < -0.4 is 0 Å². The van der Waals surface area contributed by atoms with E-state index in [1.54, 1.807) is 0 Å². The summed E-state index contributed by atoms with van der Waals surface area (Å²) >= 11 is 0. The largest absolute Gasteiger partial charge is 0.465 e. The van der Waals surface area contributed by atoms with Crippen LogP contribution in [0.3, 0.4) is 0 Å². The van der Waals surface area contributed by atoms with Gasteiger partial charge in [0.1, 0.15) is 0 Å². The van der Waals surface area contributed by atoms with Crippen LogP contribution in [0.25, 0.3) is 21.9 Å². The van der Waals surface area contributed by atoms with Gasteiger partial charge in [-0.1, -0.05) is 54.6 Å². The van der Waals surface area contributed by atoms with E-state index in [2.05, 4.69) is 6.07 Å². The van der Waals surface area contributed by atoms with Crippen LogP contribution in [-0.4, -0.2) is 13.1 Å². The summed E-state index contributed by atoms with van der Waals surface area (Å²) in [6.07, 6.45) is 0. The van der Waals surface area contributed by atoms with Gasteiger partial charge in [0.05, 0.1) is 12.7 Å². The van der Waals surface area contributed by atoms with Gasteiger partial charge in [0.2, 0.25) is 0 Å². The van der Waals surface area contributed by atoms with Crippen LogP contribution in [-0.2, 0) is 4.74 Å². The average Bonchev–Trinajstić information content (AvgIpc) is 2.54. The number of carbonyl (C=O) groups excluding carboxylic acids is 1. The van der Waals surface area contributed by atoms with E-state index in [0.717, 1.165) is 21.9 Å². The SMILES string of the molecule is COC(=O)c1cc(-c2ccccc2)cc2ccccc12. The third-order valence-electron chi connectivity index (χ3n) is 3.37. The van der Waals surface area contributed by atoms with Crippen LogP contribution in [0.2, 0.25) is 0 Å². The lowest BCUT2D eigenvalue weighted by molar-refractivity contribution is 0.0603. The molecule has 0 saturated heterocycles. The number of methoxy groups -OCH3 is 1. The van der Waals surface area contributed by atoms with Crippen molar-refractivity contribution in [3.63, 3.8) is 0 Å². The lowest BCUT2D eigenvalue weighted by Gasteiger charge is -2.09. The molecule has 0 aliphatic heterocycles. The van der Waals surface area contributed by atoms with Crippen LogP contribution in [0, 0.1) is 0 Å². The molecule has 0 atom stereocenters. The Labute approximate surface area is 117 Å². The fourth-order valence-corrected chi connectivity index (χ4v) is 2.39. The van der Waals surface area contributed by atoms with Crippen molar-refractivity contribution in [3.05, 3.63) is 72.3 Å². The predicted molar refractivity (Wildman–Crippen MR) is 80.7 cm³/mol. The van der Waals surface area contributed by atoms with Crippen molar-refractivity contribution in [3.8, 4) is 11.1 Å². The molecule has 0 heterocycles. The Kier molecular flexibility index (Phi) is 3.21. The van der Waals surface area contributed by atoms with Gasteiger partial charge < -0.3 is 4.74 Å². The molecule has 0 saturated carbocycles. The number of hydrogen-bond acceptors (Lipinski definition) is 2. The van der Waals surface area contributed by atoms with Crippen molar-refractivity contribution in [1.82, 2.24) is 0 Å². The molecule has 0 aliphatic rings. The Balaban J connectivity index is 2.28. The van der Waals surface area contributed by atoms with E-state index < -0.39 is 0 Å². The van der Waals surface area contributed by atoms with Crippen molar-refractivity contribution in [2.45, 2.75) is 0 Å². The fraction of sp³-hybridized carbons (Fsp3) is 0.0556. The lowest BCUT2D eigenvalue weighted by atomic mass is 9.97. The summed E-state index contributed by atoms with van der Waals surface area (Å²) in [5.74, 6) is -0.306. The van der Waals surface area contributed by atoms with Gasteiger partial charge in [0.15, 0.2) is 0 Å². The minimum atomic E-state index is -0.306. The van der Waals surface area contributed by atoms with Crippen LogP contribution in [0.15, 0.2) is 66.7 Å². The average molecular weight is 262 g/mol. The topological polar surface area (TPSA) is 26.3 Å². The number of rotatable bonds is 2.